The van der Waals surface area contributed by atoms with Gasteiger partial charge in [-0.1, -0.05) is 35.9 Å². The van der Waals surface area contributed by atoms with E-state index in [1.54, 1.807) is 42.6 Å². The zero-order valence-corrected chi connectivity index (χ0v) is 9.76. The number of pyridine rings is 1. The SMILES string of the molecule is O=C(C=Cc1cccc(Cl)c1)c1ccccn1. The minimum Gasteiger partial charge on any atom is -0.288 e. The number of hydrogen-bond donors (Lipinski definition) is 0. The van der Waals surface area contributed by atoms with Crippen LogP contribution in [0.2, 0.25) is 5.02 Å². The second-order valence-electron chi connectivity index (χ2n) is 3.47. The van der Waals surface area contributed by atoms with E-state index in [2.05, 4.69) is 4.98 Å². The summed E-state index contributed by atoms with van der Waals surface area (Å²) in [6.07, 6.45) is 4.82. The Hall–Kier alpha value is -1.93. The highest BCUT2D eigenvalue weighted by molar-refractivity contribution is 6.30. The molecule has 1 heterocycles. The van der Waals surface area contributed by atoms with Gasteiger partial charge in [-0.2, -0.15) is 0 Å². The molecule has 84 valence electrons. The van der Waals surface area contributed by atoms with Gasteiger partial charge in [-0.25, -0.2) is 0 Å². The Kier molecular flexibility index (Phi) is 3.68. The molecule has 2 nitrogen and oxygen atoms in total. The molecule has 0 aliphatic heterocycles. The van der Waals surface area contributed by atoms with Crippen molar-refractivity contribution < 1.29 is 4.79 Å². The lowest BCUT2D eigenvalue weighted by atomic mass is 10.1. The molecular weight excluding hydrogens is 234 g/mol. The fourth-order valence-corrected chi connectivity index (χ4v) is 1.57. The third-order valence-corrected chi connectivity index (χ3v) is 2.43. The summed E-state index contributed by atoms with van der Waals surface area (Å²) in [5.41, 5.74) is 1.33. The van der Waals surface area contributed by atoms with E-state index in [0.29, 0.717) is 10.7 Å². The quantitative estimate of drug-likeness (QED) is 0.609. The number of allylic oxidation sites excluding steroid dienone is 1. The van der Waals surface area contributed by atoms with Crippen LogP contribution < -0.4 is 0 Å². The summed E-state index contributed by atoms with van der Waals surface area (Å²) < 4.78 is 0. The van der Waals surface area contributed by atoms with E-state index in [1.165, 1.54) is 6.08 Å². The van der Waals surface area contributed by atoms with Gasteiger partial charge in [0.15, 0.2) is 0 Å². The minimum absolute atomic E-state index is 0.120. The van der Waals surface area contributed by atoms with Gasteiger partial charge in [0.25, 0.3) is 0 Å². The van der Waals surface area contributed by atoms with Crippen LogP contribution in [-0.4, -0.2) is 10.8 Å². The molecule has 0 aliphatic rings. The molecule has 0 saturated carbocycles. The molecule has 0 saturated heterocycles. The molecule has 1 aromatic heterocycles. The summed E-state index contributed by atoms with van der Waals surface area (Å²) in [6, 6.07) is 12.6. The highest BCUT2D eigenvalue weighted by atomic mass is 35.5. The van der Waals surface area contributed by atoms with Gasteiger partial charge in [0.1, 0.15) is 5.69 Å². The zero-order valence-electron chi connectivity index (χ0n) is 9.01. The average Bonchev–Trinajstić information content (AvgIpc) is 2.37. The van der Waals surface area contributed by atoms with Crippen LogP contribution in [0.25, 0.3) is 6.08 Å². The Labute approximate surface area is 105 Å². The first-order chi connectivity index (χ1) is 8.25. The fraction of sp³-hybridized carbons (Fsp3) is 0. The van der Waals surface area contributed by atoms with Crippen molar-refractivity contribution in [2.45, 2.75) is 0 Å². The van der Waals surface area contributed by atoms with Crippen LogP contribution in [0.4, 0.5) is 0 Å². The second-order valence-corrected chi connectivity index (χ2v) is 3.90. The van der Waals surface area contributed by atoms with Gasteiger partial charge in [0.05, 0.1) is 0 Å². The van der Waals surface area contributed by atoms with Crippen molar-refractivity contribution >= 4 is 23.5 Å². The normalized spacial score (nSPS) is 10.6. The summed E-state index contributed by atoms with van der Waals surface area (Å²) in [5.74, 6) is -0.120. The molecular formula is C14H10ClNO. The number of ketones is 1. The highest BCUT2D eigenvalue weighted by Crippen LogP contribution is 2.12. The number of carbonyl (C=O) groups is 1. The van der Waals surface area contributed by atoms with Crippen molar-refractivity contribution in [3.05, 3.63) is 71.0 Å². The molecule has 0 unspecified atom stereocenters. The Morgan fingerprint density at radius 1 is 1.18 bits per heavy atom. The topological polar surface area (TPSA) is 30.0 Å². The van der Waals surface area contributed by atoms with Crippen LogP contribution in [0.5, 0.6) is 0 Å². The summed E-state index contributed by atoms with van der Waals surface area (Å²) >= 11 is 5.85. The number of carbonyl (C=O) groups excluding carboxylic acids is 1. The first-order valence-electron chi connectivity index (χ1n) is 5.15. The lowest BCUT2D eigenvalue weighted by Crippen LogP contribution is -1.96. The van der Waals surface area contributed by atoms with Crippen molar-refractivity contribution in [2.75, 3.05) is 0 Å². The van der Waals surface area contributed by atoms with E-state index in [1.807, 2.05) is 12.1 Å². The van der Waals surface area contributed by atoms with Gasteiger partial charge >= 0.3 is 0 Å². The van der Waals surface area contributed by atoms with Crippen molar-refractivity contribution in [3.8, 4) is 0 Å². The predicted octanol–water partition coefficient (Wildman–Crippen LogP) is 3.63. The van der Waals surface area contributed by atoms with E-state index < -0.39 is 0 Å². The molecule has 0 atom stereocenters. The third-order valence-electron chi connectivity index (χ3n) is 2.19. The maximum Gasteiger partial charge on any atom is 0.204 e. The first kappa shape index (κ1) is 11.6. The number of rotatable bonds is 3. The Balaban J connectivity index is 2.14. The smallest absolute Gasteiger partial charge is 0.204 e. The molecule has 0 aliphatic carbocycles. The molecule has 0 N–H and O–H groups in total. The predicted molar refractivity (Wildman–Crippen MR) is 69.1 cm³/mol. The van der Waals surface area contributed by atoms with Crippen molar-refractivity contribution in [3.63, 3.8) is 0 Å². The van der Waals surface area contributed by atoms with Crippen molar-refractivity contribution in [2.24, 2.45) is 0 Å². The first-order valence-corrected chi connectivity index (χ1v) is 5.52. The number of nitrogens with zero attached hydrogens (tertiary/aromatic N) is 1. The Bertz CT molecular complexity index is 549. The van der Waals surface area contributed by atoms with Crippen LogP contribution in [0.15, 0.2) is 54.7 Å². The van der Waals surface area contributed by atoms with Gasteiger partial charge in [0.2, 0.25) is 5.78 Å². The van der Waals surface area contributed by atoms with Crippen LogP contribution in [0.1, 0.15) is 16.1 Å². The van der Waals surface area contributed by atoms with Gasteiger partial charge in [0, 0.05) is 11.2 Å². The van der Waals surface area contributed by atoms with E-state index in [-0.39, 0.29) is 5.78 Å². The monoisotopic (exact) mass is 243 g/mol. The molecule has 3 heteroatoms. The third kappa shape index (κ3) is 3.26. The van der Waals surface area contributed by atoms with Crippen LogP contribution in [0.3, 0.4) is 0 Å². The van der Waals surface area contributed by atoms with E-state index >= 15 is 0 Å². The van der Waals surface area contributed by atoms with Crippen LogP contribution in [0, 0.1) is 0 Å². The number of hydrogen-bond acceptors (Lipinski definition) is 2. The molecule has 0 fully saturated rings. The molecule has 17 heavy (non-hydrogen) atoms. The van der Waals surface area contributed by atoms with Gasteiger partial charge in [-0.15, -0.1) is 0 Å². The Morgan fingerprint density at radius 2 is 2.06 bits per heavy atom. The van der Waals surface area contributed by atoms with Gasteiger partial charge in [-0.05, 0) is 35.9 Å². The lowest BCUT2D eigenvalue weighted by Gasteiger charge is -1.95. The molecule has 2 rings (SSSR count). The standard InChI is InChI=1S/C14H10ClNO/c15-12-5-3-4-11(10-12)7-8-14(17)13-6-1-2-9-16-13/h1-10H. The van der Waals surface area contributed by atoms with Crippen molar-refractivity contribution in [1.29, 1.82) is 0 Å². The highest BCUT2D eigenvalue weighted by Gasteiger charge is 2.00. The summed E-state index contributed by atoms with van der Waals surface area (Å²) in [7, 11) is 0. The fourth-order valence-electron chi connectivity index (χ4n) is 1.38. The number of halogens is 1. The number of benzene rings is 1. The summed E-state index contributed by atoms with van der Waals surface area (Å²) in [6.45, 7) is 0. The maximum atomic E-state index is 11.7. The summed E-state index contributed by atoms with van der Waals surface area (Å²) in [4.78, 5) is 15.7. The van der Waals surface area contributed by atoms with E-state index in [9.17, 15) is 4.79 Å². The van der Waals surface area contributed by atoms with Crippen molar-refractivity contribution in [1.82, 2.24) is 4.98 Å². The Morgan fingerprint density at radius 3 is 2.76 bits per heavy atom. The molecule has 0 bridgehead atoms. The largest absolute Gasteiger partial charge is 0.288 e. The molecule has 0 spiro atoms. The number of aromatic nitrogens is 1. The lowest BCUT2D eigenvalue weighted by molar-refractivity contribution is 0.104. The maximum absolute atomic E-state index is 11.7. The summed E-state index contributed by atoms with van der Waals surface area (Å²) in [5, 5.41) is 0.650. The molecule has 0 amide bonds. The molecule has 2 aromatic rings. The van der Waals surface area contributed by atoms with Gasteiger partial charge in [-0.3, -0.25) is 9.78 Å². The average molecular weight is 244 g/mol. The molecule has 0 radical (unpaired) electrons. The zero-order chi connectivity index (χ0) is 12.1. The minimum atomic E-state index is -0.120. The molecule has 1 aromatic carbocycles. The second kappa shape index (κ2) is 5.41. The van der Waals surface area contributed by atoms with E-state index in [4.69, 9.17) is 11.6 Å². The van der Waals surface area contributed by atoms with Crippen LogP contribution >= 0.6 is 11.6 Å². The van der Waals surface area contributed by atoms with E-state index in [0.717, 1.165) is 5.56 Å². The van der Waals surface area contributed by atoms with Gasteiger partial charge < -0.3 is 0 Å². The van der Waals surface area contributed by atoms with Crippen LogP contribution in [-0.2, 0) is 0 Å².